The van der Waals surface area contributed by atoms with E-state index in [1.807, 2.05) is 6.92 Å². The molecule has 0 aromatic heterocycles. The topological polar surface area (TPSA) is 66.4 Å². The summed E-state index contributed by atoms with van der Waals surface area (Å²) in [5.74, 6) is -0.799. The van der Waals surface area contributed by atoms with Gasteiger partial charge in [0.1, 0.15) is 0 Å². The number of hydrogen-bond acceptors (Lipinski definition) is 2. The smallest absolute Gasteiger partial charge is 0.306 e. The number of carboxylic acid groups (broad SMARTS) is 1. The summed E-state index contributed by atoms with van der Waals surface area (Å²) in [6, 6.07) is 0.0641. The molecule has 0 bridgehead atoms. The number of carbonyl (C=O) groups is 2. The van der Waals surface area contributed by atoms with E-state index >= 15 is 0 Å². The second kappa shape index (κ2) is 7.39. The zero-order chi connectivity index (χ0) is 13.5. The van der Waals surface area contributed by atoms with E-state index in [-0.39, 0.29) is 23.8 Å². The minimum absolute atomic E-state index is 0.0641. The predicted octanol–water partition coefficient (Wildman–Crippen LogP) is 2.57. The Morgan fingerprint density at radius 2 is 2.06 bits per heavy atom. The molecule has 1 unspecified atom stereocenters. The summed E-state index contributed by atoms with van der Waals surface area (Å²) in [5, 5.41) is 11.9. The van der Waals surface area contributed by atoms with Crippen molar-refractivity contribution < 1.29 is 14.7 Å². The number of aliphatic carboxylic acids is 1. The van der Waals surface area contributed by atoms with Crippen LogP contribution in [0.3, 0.4) is 0 Å². The van der Waals surface area contributed by atoms with Gasteiger partial charge in [0.25, 0.3) is 0 Å². The van der Waals surface area contributed by atoms with Crippen LogP contribution in [-0.4, -0.2) is 23.0 Å². The second-order valence-electron chi connectivity index (χ2n) is 5.30. The highest BCUT2D eigenvalue weighted by Gasteiger charge is 2.31. The number of unbranched alkanes of at least 4 members (excludes halogenated alkanes) is 1. The highest BCUT2D eigenvalue weighted by atomic mass is 16.4. The first-order valence-electron chi connectivity index (χ1n) is 7.11. The van der Waals surface area contributed by atoms with Crippen molar-refractivity contribution in [2.45, 2.75) is 64.8 Å². The monoisotopic (exact) mass is 255 g/mol. The normalized spacial score (nSPS) is 24.8. The van der Waals surface area contributed by atoms with Crippen molar-refractivity contribution in [3.05, 3.63) is 0 Å². The summed E-state index contributed by atoms with van der Waals surface area (Å²) in [5.41, 5.74) is 0. The lowest BCUT2D eigenvalue weighted by atomic mass is 9.98. The average molecular weight is 255 g/mol. The highest BCUT2D eigenvalue weighted by Crippen LogP contribution is 2.26. The third-order valence-corrected chi connectivity index (χ3v) is 3.90. The van der Waals surface area contributed by atoms with Gasteiger partial charge < -0.3 is 10.4 Å². The molecule has 0 aromatic carbocycles. The lowest BCUT2D eigenvalue weighted by Crippen LogP contribution is -2.37. The fourth-order valence-corrected chi connectivity index (χ4v) is 2.63. The number of nitrogens with one attached hydrogen (secondary N) is 1. The van der Waals surface area contributed by atoms with Crippen molar-refractivity contribution in [1.29, 1.82) is 0 Å². The van der Waals surface area contributed by atoms with Gasteiger partial charge in [-0.3, -0.25) is 9.59 Å². The van der Waals surface area contributed by atoms with Crippen LogP contribution in [0.2, 0.25) is 0 Å². The molecule has 104 valence electrons. The number of rotatable bonds is 7. The quantitative estimate of drug-likeness (QED) is 0.734. The number of carbonyl (C=O) groups excluding carboxylic acids is 1. The molecule has 0 radical (unpaired) electrons. The molecule has 18 heavy (non-hydrogen) atoms. The van der Waals surface area contributed by atoms with E-state index < -0.39 is 5.97 Å². The van der Waals surface area contributed by atoms with E-state index in [0.717, 1.165) is 32.1 Å². The van der Waals surface area contributed by atoms with Crippen LogP contribution >= 0.6 is 0 Å². The SMILES string of the molecule is CCCCC(CC)C(=O)N[C@H]1CC[C@@H](C(=O)O)C1. The molecule has 1 aliphatic rings. The standard InChI is InChI=1S/C14H25NO3/c1-3-5-6-10(4-2)13(16)15-12-8-7-11(9-12)14(17)18/h10-12H,3-9H2,1-2H3,(H,15,16)(H,17,18)/t10?,11-,12+/m1/s1. The first-order chi connectivity index (χ1) is 8.58. The molecule has 2 N–H and O–H groups in total. The van der Waals surface area contributed by atoms with Crippen LogP contribution in [-0.2, 0) is 9.59 Å². The van der Waals surface area contributed by atoms with E-state index in [1.54, 1.807) is 0 Å². The molecule has 1 aliphatic carbocycles. The van der Waals surface area contributed by atoms with Gasteiger partial charge in [-0.2, -0.15) is 0 Å². The Labute approximate surface area is 109 Å². The van der Waals surface area contributed by atoms with Gasteiger partial charge in [-0.25, -0.2) is 0 Å². The van der Waals surface area contributed by atoms with Crippen molar-refractivity contribution in [1.82, 2.24) is 5.32 Å². The number of carboxylic acids is 1. The second-order valence-corrected chi connectivity index (χ2v) is 5.30. The van der Waals surface area contributed by atoms with Gasteiger partial charge in [0.15, 0.2) is 0 Å². The highest BCUT2D eigenvalue weighted by molar-refractivity contribution is 5.79. The zero-order valence-electron chi connectivity index (χ0n) is 11.4. The van der Waals surface area contributed by atoms with Crippen LogP contribution in [0.25, 0.3) is 0 Å². The van der Waals surface area contributed by atoms with Crippen molar-refractivity contribution in [2.24, 2.45) is 11.8 Å². The first kappa shape index (κ1) is 15.0. The Bertz CT molecular complexity index is 291. The molecule has 4 heteroatoms. The van der Waals surface area contributed by atoms with Crippen molar-refractivity contribution >= 4 is 11.9 Å². The van der Waals surface area contributed by atoms with Crippen molar-refractivity contribution in [2.75, 3.05) is 0 Å². The molecule has 0 aromatic rings. The van der Waals surface area contributed by atoms with Crippen LogP contribution in [0.1, 0.15) is 58.8 Å². The Morgan fingerprint density at radius 3 is 2.56 bits per heavy atom. The zero-order valence-corrected chi connectivity index (χ0v) is 11.4. The van der Waals surface area contributed by atoms with Gasteiger partial charge in [0.05, 0.1) is 5.92 Å². The van der Waals surface area contributed by atoms with Crippen LogP contribution in [0.4, 0.5) is 0 Å². The molecule has 1 rings (SSSR count). The fraction of sp³-hybridized carbons (Fsp3) is 0.857. The summed E-state index contributed by atoms with van der Waals surface area (Å²) in [7, 11) is 0. The first-order valence-corrected chi connectivity index (χ1v) is 7.11. The maximum absolute atomic E-state index is 12.1. The third-order valence-electron chi connectivity index (χ3n) is 3.90. The summed E-state index contributed by atoms with van der Waals surface area (Å²) in [6.45, 7) is 4.16. The van der Waals surface area contributed by atoms with Crippen LogP contribution in [0.15, 0.2) is 0 Å². The minimum Gasteiger partial charge on any atom is -0.481 e. The van der Waals surface area contributed by atoms with Gasteiger partial charge >= 0.3 is 5.97 Å². The lowest BCUT2D eigenvalue weighted by molar-refractivity contribution is -0.141. The molecule has 1 fully saturated rings. The molecule has 3 atom stereocenters. The Hall–Kier alpha value is -1.06. The van der Waals surface area contributed by atoms with Gasteiger partial charge in [0.2, 0.25) is 5.91 Å². The van der Waals surface area contributed by atoms with E-state index in [0.29, 0.717) is 12.8 Å². The van der Waals surface area contributed by atoms with E-state index in [2.05, 4.69) is 12.2 Å². The van der Waals surface area contributed by atoms with Crippen molar-refractivity contribution in [3.63, 3.8) is 0 Å². The average Bonchev–Trinajstić information content (AvgIpc) is 2.78. The molecule has 0 saturated heterocycles. The largest absolute Gasteiger partial charge is 0.481 e. The van der Waals surface area contributed by atoms with Crippen LogP contribution in [0.5, 0.6) is 0 Å². The van der Waals surface area contributed by atoms with E-state index in [9.17, 15) is 9.59 Å². The number of amides is 1. The van der Waals surface area contributed by atoms with Gasteiger partial charge in [-0.1, -0.05) is 26.7 Å². The minimum atomic E-state index is -0.732. The maximum Gasteiger partial charge on any atom is 0.306 e. The van der Waals surface area contributed by atoms with Crippen LogP contribution < -0.4 is 5.32 Å². The summed E-state index contributed by atoms with van der Waals surface area (Å²) >= 11 is 0. The Morgan fingerprint density at radius 1 is 1.33 bits per heavy atom. The maximum atomic E-state index is 12.1. The molecular formula is C14H25NO3. The third kappa shape index (κ3) is 4.31. The van der Waals surface area contributed by atoms with Crippen LogP contribution in [0, 0.1) is 11.8 Å². The van der Waals surface area contributed by atoms with Gasteiger partial charge in [-0.15, -0.1) is 0 Å². The molecular weight excluding hydrogens is 230 g/mol. The summed E-state index contributed by atoms with van der Waals surface area (Å²) < 4.78 is 0. The van der Waals surface area contributed by atoms with E-state index in [1.165, 1.54) is 0 Å². The molecule has 1 saturated carbocycles. The predicted molar refractivity (Wildman–Crippen MR) is 70.2 cm³/mol. The molecule has 4 nitrogen and oxygen atoms in total. The molecule has 0 spiro atoms. The Balaban J connectivity index is 2.37. The van der Waals surface area contributed by atoms with Crippen molar-refractivity contribution in [3.8, 4) is 0 Å². The molecule has 1 amide bonds. The lowest BCUT2D eigenvalue weighted by Gasteiger charge is -2.18. The Kier molecular flexibility index (Phi) is 6.16. The fourth-order valence-electron chi connectivity index (χ4n) is 2.63. The molecule has 0 heterocycles. The van der Waals surface area contributed by atoms with Gasteiger partial charge in [-0.05, 0) is 32.1 Å². The molecule has 0 aliphatic heterocycles. The number of hydrogen-bond donors (Lipinski definition) is 2. The summed E-state index contributed by atoms with van der Waals surface area (Å²) in [6.07, 6.45) is 6.06. The summed E-state index contributed by atoms with van der Waals surface area (Å²) in [4.78, 5) is 22.9. The van der Waals surface area contributed by atoms with Gasteiger partial charge in [0, 0.05) is 12.0 Å². The van der Waals surface area contributed by atoms with E-state index in [4.69, 9.17) is 5.11 Å².